The summed E-state index contributed by atoms with van der Waals surface area (Å²) in [5, 5.41) is 7.32. The van der Waals surface area contributed by atoms with Crippen LogP contribution in [0, 0.1) is 6.92 Å². The van der Waals surface area contributed by atoms with Crippen LogP contribution >= 0.6 is 0 Å². The number of likely N-dealkylation sites (tertiary alicyclic amines) is 1. The van der Waals surface area contributed by atoms with Crippen LogP contribution in [0.2, 0.25) is 0 Å². The van der Waals surface area contributed by atoms with Crippen molar-refractivity contribution in [1.82, 2.24) is 19.5 Å². The Hall–Kier alpha value is -2.39. The second-order valence-corrected chi connectivity index (χ2v) is 6.66. The lowest BCUT2D eigenvalue weighted by Gasteiger charge is -2.22. The monoisotopic (exact) mass is 346 g/mol. The van der Waals surface area contributed by atoms with Crippen LogP contribution < -0.4 is 10.2 Å². The fourth-order valence-electron chi connectivity index (χ4n) is 3.30. The van der Waals surface area contributed by atoms with Crippen molar-refractivity contribution in [2.24, 2.45) is 0 Å². The van der Waals surface area contributed by atoms with Gasteiger partial charge in [-0.25, -0.2) is 9.78 Å². The Kier molecular flexibility index (Phi) is 3.77. The number of aromatic nitrogens is 3. The van der Waals surface area contributed by atoms with Crippen LogP contribution in [0.4, 0.5) is 16.4 Å². The molecular formula is C16H22N6O3. The van der Waals surface area contributed by atoms with Crippen LogP contribution in [-0.4, -0.2) is 71.7 Å². The van der Waals surface area contributed by atoms with Gasteiger partial charge in [-0.1, -0.05) is 0 Å². The molecule has 2 aliphatic rings. The molecule has 0 aromatic carbocycles. The first kappa shape index (κ1) is 16.1. The third kappa shape index (κ3) is 2.89. The summed E-state index contributed by atoms with van der Waals surface area (Å²) in [6.07, 6.45) is 0.692. The molecule has 1 spiro atoms. The number of carbonyl (C=O) groups excluding carboxylic acids is 1. The van der Waals surface area contributed by atoms with E-state index in [1.807, 2.05) is 38.1 Å². The SMILES string of the molecule is Cc1cc2nc(NC(=O)N3CCC4(C3)OCCO4)cc(N(C)C)n2n1. The summed E-state index contributed by atoms with van der Waals surface area (Å²) in [6.45, 7) is 4.12. The van der Waals surface area contributed by atoms with Crippen molar-refractivity contribution in [1.29, 1.82) is 0 Å². The number of nitrogens with zero attached hydrogens (tertiary/aromatic N) is 5. The van der Waals surface area contributed by atoms with Gasteiger partial charge in [-0.15, -0.1) is 0 Å². The first-order valence-electron chi connectivity index (χ1n) is 8.34. The highest BCUT2D eigenvalue weighted by Crippen LogP contribution is 2.30. The molecule has 0 aliphatic carbocycles. The van der Waals surface area contributed by atoms with Crippen molar-refractivity contribution in [2.75, 3.05) is 50.6 Å². The number of fused-ring (bicyclic) bond motifs is 1. The molecule has 1 N–H and O–H groups in total. The maximum Gasteiger partial charge on any atom is 0.323 e. The molecule has 0 saturated carbocycles. The third-order valence-corrected chi connectivity index (χ3v) is 4.52. The molecule has 25 heavy (non-hydrogen) atoms. The van der Waals surface area contributed by atoms with Crippen molar-refractivity contribution in [3.8, 4) is 0 Å². The third-order valence-electron chi connectivity index (χ3n) is 4.52. The second kappa shape index (κ2) is 5.85. The highest BCUT2D eigenvalue weighted by atomic mass is 16.7. The fraction of sp³-hybridized carbons (Fsp3) is 0.562. The molecule has 9 nitrogen and oxygen atoms in total. The molecule has 134 valence electrons. The number of aryl methyl sites for hydroxylation is 1. The van der Waals surface area contributed by atoms with Gasteiger partial charge in [0.05, 0.1) is 25.5 Å². The number of anilines is 2. The fourth-order valence-corrected chi connectivity index (χ4v) is 3.30. The van der Waals surface area contributed by atoms with Gasteiger partial charge in [0, 0.05) is 39.2 Å². The Morgan fingerprint density at radius 3 is 2.80 bits per heavy atom. The van der Waals surface area contributed by atoms with Gasteiger partial charge in [0.1, 0.15) is 11.6 Å². The molecule has 0 bridgehead atoms. The average molecular weight is 346 g/mol. The van der Waals surface area contributed by atoms with Crippen LogP contribution in [0.25, 0.3) is 5.65 Å². The highest BCUT2D eigenvalue weighted by Gasteiger charge is 2.44. The minimum atomic E-state index is -0.619. The minimum absolute atomic E-state index is 0.200. The molecule has 2 saturated heterocycles. The Bertz CT molecular complexity index is 812. The zero-order chi connectivity index (χ0) is 17.6. The van der Waals surface area contributed by atoms with E-state index in [0.29, 0.717) is 44.2 Å². The van der Waals surface area contributed by atoms with E-state index in [-0.39, 0.29) is 6.03 Å². The zero-order valence-corrected chi connectivity index (χ0v) is 14.7. The molecule has 2 aromatic heterocycles. The quantitative estimate of drug-likeness (QED) is 0.876. The molecule has 0 radical (unpaired) electrons. The van der Waals surface area contributed by atoms with Gasteiger partial charge < -0.3 is 19.3 Å². The number of amides is 2. The molecule has 2 fully saturated rings. The Morgan fingerprint density at radius 2 is 2.08 bits per heavy atom. The minimum Gasteiger partial charge on any atom is -0.363 e. The Balaban J connectivity index is 1.55. The summed E-state index contributed by atoms with van der Waals surface area (Å²) < 4.78 is 13.1. The van der Waals surface area contributed by atoms with Crippen LogP contribution in [0.1, 0.15) is 12.1 Å². The summed E-state index contributed by atoms with van der Waals surface area (Å²) >= 11 is 0. The van der Waals surface area contributed by atoms with Crippen LogP contribution in [0.5, 0.6) is 0 Å². The van der Waals surface area contributed by atoms with Crippen LogP contribution in [0.3, 0.4) is 0 Å². The van der Waals surface area contributed by atoms with Crippen molar-refractivity contribution in [2.45, 2.75) is 19.1 Å². The summed E-state index contributed by atoms with van der Waals surface area (Å²) in [6, 6.07) is 3.49. The van der Waals surface area contributed by atoms with E-state index < -0.39 is 5.79 Å². The first-order chi connectivity index (χ1) is 12.0. The molecule has 9 heteroatoms. The van der Waals surface area contributed by atoms with E-state index in [4.69, 9.17) is 9.47 Å². The highest BCUT2D eigenvalue weighted by molar-refractivity contribution is 5.89. The lowest BCUT2D eigenvalue weighted by Crippen LogP contribution is -2.39. The van der Waals surface area contributed by atoms with Gasteiger partial charge in [0.25, 0.3) is 0 Å². The molecule has 2 amide bonds. The van der Waals surface area contributed by atoms with Gasteiger partial charge >= 0.3 is 6.03 Å². The standard InChI is InChI=1S/C16H22N6O3/c1-11-8-13-17-12(9-14(20(2)3)22(13)19-11)18-15(23)21-5-4-16(10-21)24-6-7-25-16/h8-9H,4-7,10H2,1-3H3,(H,17,18,23). The number of urea groups is 1. The largest absolute Gasteiger partial charge is 0.363 e. The average Bonchev–Trinajstić information content (AvgIpc) is 3.27. The molecular weight excluding hydrogens is 324 g/mol. The van der Waals surface area contributed by atoms with E-state index in [0.717, 1.165) is 11.5 Å². The van der Waals surface area contributed by atoms with Crippen molar-refractivity contribution in [3.63, 3.8) is 0 Å². The maximum atomic E-state index is 12.6. The molecule has 2 aliphatic heterocycles. The number of ether oxygens (including phenoxy) is 2. The lowest BCUT2D eigenvalue weighted by atomic mass is 10.2. The van der Waals surface area contributed by atoms with E-state index in [9.17, 15) is 4.79 Å². The molecule has 0 atom stereocenters. The number of hydrogen-bond acceptors (Lipinski definition) is 6. The second-order valence-electron chi connectivity index (χ2n) is 6.66. The summed E-state index contributed by atoms with van der Waals surface area (Å²) in [4.78, 5) is 20.7. The van der Waals surface area contributed by atoms with E-state index >= 15 is 0 Å². The number of hydrogen-bond donors (Lipinski definition) is 1. The van der Waals surface area contributed by atoms with Crippen molar-refractivity contribution < 1.29 is 14.3 Å². The van der Waals surface area contributed by atoms with Gasteiger partial charge in [-0.05, 0) is 6.92 Å². The zero-order valence-electron chi connectivity index (χ0n) is 14.7. The van der Waals surface area contributed by atoms with Gasteiger partial charge in [-0.2, -0.15) is 9.61 Å². The number of rotatable bonds is 2. The van der Waals surface area contributed by atoms with Crippen LogP contribution in [-0.2, 0) is 9.47 Å². The summed E-state index contributed by atoms with van der Waals surface area (Å²) in [7, 11) is 3.85. The molecule has 0 unspecified atom stereocenters. The Labute approximate surface area is 145 Å². The normalized spacial score (nSPS) is 19.1. The van der Waals surface area contributed by atoms with E-state index in [1.165, 1.54) is 0 Å². The number of nitrogens with one attached hydrogen (secondary N) is 1. The van der Waals surface area contributed by atoms with Gasteiger partial charge in [0.2, 0.25) is 0 Å². The van der Waals surface area contributed by atoms with Crippen LogP contribution in [0.15, 0.2) is 12.1 Å². The smallest absolute Gasteiger partial charge is 0.323 e. The van der Waals surface area contributed by atoms with Crippen molar-refractivity contribution >= 4 is 23.3 Å². The first-order valence-corrected chi connectivity index (χ1v) is 8.34. The predicted octanol–water partition coefficient (Wildman–Crippen LogP) is 1.08. The van der Waals surface area contributed by atoms with E-state index in [2.05, 4.69) is 15.4 Å². The topological polar surface area (TPSA) is 84.2 Å². The molecule has 4 heterocycles. The van der Waals surface area contributed by atoms with Crippen molar-refractivity contribution in [3.05, 3.63) is 17.8 Å². The summed E-state index contributed by atoms with van der Waals surface area (Å²) in [5.74, 6) is 0.718. The predicted molar refractivity (Wildman–Crippen MR) is 91.9 cm³/mol. The Morgan fingerprint density at radius 1 is 1.32 bits per heavy atom. The lowest BCUT2D eigenvalue weighted by molar-refractivity contribution is -0.143. The van der Waals surface area contributed by atoms with Gasteiger partial charge in [-0.3, -0.25) is 5.32 Å². The van der Waals surface area contributed by atoms with Gasteiger partial charge in [0.15, 0.2) is 11.4 Å². The van der Waals surface area contributed by atoms with E-state index in [1.54, 1.807) is 9.42 Å². The summed E-state index contributed by atoms with van der Waals surface area (Å²) in [5.41, 5.74) is 1.57. The molecule has 2 aromatic rings. The maximum absolute atomic E-state index is 12.6. The number of carbonyl (C=O) groups is 1. The molecule has 4 rings (SSSR count).